The van der Waals surface area contributed by atoms with Gasteiger partial charge in [-0.3, -0.25) is 0 Å². The standard InChI is InChI=1S/C15H13ClF3NO/c16-14-6-5-12(7-13(14)15(17,18)19)20-8-10-1-3-11(9-21)4-2-10/h1-7,20-21H,8-9H2. The lowest BCUT2D eigenvalue weighted by molar-refractivity contribution is -0.137. The SMILES string of the molecule is OCc1ccc(CNc2ccc(Cl)c(C(F)(F)F)c2)cc1. The Balaban J connectivity index is 2.09. The fourth-order valence-electron chi connectivity index (χ4n) is 1.82. The average molecular weight is 316 g/mol. The van der Waals surface area contributed by atoms with Gasteiger partial charge < -0.3 is 10.4 Å². The lowest BCUT2D eigenvalue weighted by atomic mass is 10.1. The van der Waals surface area contributed by atoms with E-state index in [1.807, 2.05) is 0 Å². The molecule has 2 nitrogen and oxygen atoms in total. The number of anilines is 1. The first kappa shape index (κ1) is 15.7. The van der Waals surface area contributed by atoms with Gasteiger partial charge in [-0.25, -0.2) is 0 Å². The monoisotopic (exact) mass is 315 g/mol. The summed E-state index contributed by atoms with van der Waals surface area (Å²) in [5.41, 5.74) is 1.17. The molecule has 0 aromatic heterocycles. The van der Waals surface area contributed by atoms with Crippen LogP contribution in [0.15, 0.2) is 42.5 Å². The van der Waals surface area contributed by atoms with Crippen molar-refractivity contribution in [3.8, 4) is 0 Å². The van der Waals surface area contributed by atoms with Gasteiger partial charge >= 0.3 is 6.18 Å². The number of aliphatic hydroxyl groups excluding tert-OH is 1. The Morgan fingerprint density at radius 3 is 2.19 bits per heavy atom. The maximum Gasteiger partial charge on any atom is 0.417 e. The second-order valence-corrected chi connectivity index (χ2v) is 4.93. The molecule has 21 heavy (non-hydrogen) atoms. The summed E-state index contributed by atoms with van der Waals surface area (Å²) in [4.78, 5) is 0. The molecule has 2 rings (SSSR count). The minimum absolute atomic E-state index is 0.0418. The van der Waals surface area contributed by atoms with Gasteiger partial charge in [-0.05, 0) is 29.3 Å². The molecule has 0 aliphatic carbocycles. The van der Waals surface area contributed by atoms with Gasteiger partial charge in [0.1, 0.15) is 0 Å². The Morgan fingerprint density at radius 2 is 1.62 bits per heavy atom. The van der Waals surface area contributed by atoms with Crippen LogP contribution in [0.25, 0.3) is 0 Å². The summed E-state index contributed by atoms with van der Waals surface area (Å²) in [5.74, 6) is 0. The van der Waals surface area contributed by atoms with Crippen molar-refractivity contribution in [2.75, 3.05) is 5.32 Å². The highest BCUT2D eigenvalue weighted by molar-refractivity contribution is 6.31. The van der Waals surface area contributed by atoms with Crippen LogP contribution >= 0.6 is 11.6 Å². The van der Waals surface area contributed by atoms with E-state index in [1.165, 1.54) is 12.1 Å². The van der Waals surface area contributed by atoms with Crippen molar-refractivity contribution < 1.29 is 18.3 Å². The molecule has 0 amide bonds. The van der Waals surface area contributed by atoms with Crippen LogP contribution in [0.3, 0.4) is 0 Å². The van der Waals surface area contributed by atoms with Crippen molar-refractivity contribution >= 4 is 17.3 Å². The molecule has 0 saturated heterocycles. The van der Waals surface area contributed by atoms with Crippen LogP contribution in [0.5, 0.6) is 0 Å². The molecule has 2 aromatic rings. The lowest BCUT2D eigenvalue weighted by Gasteiger charge is -2.12. The Morgan fingerprint density at radius 1 is 1.00 bits per heavy atom. The topological polar surface area (TPSA) is 32.3 Å². The van der Waals surface area contributed by atoms with Crippen LogP contribution in [0.4, 0.5) is 18.9 Å². The number of rotatable bonds is 4. The van der Waals surface area contributed by atoms with Crippen LogP contribution in [0.2, 0.25) is 5.02 Å². The quantitative estimate of drug-likeness (QED) is 0.873. The van der Waals surface area contributed by atoms with Crippen LogP contribution in [-0.4, -0.2) is 5.11 Å². The third-order valence-corrected chi connectivity index (χ3v) is 3.30. The normalized spacial score (nSPS) is 11.5. The van der Waals surface area contributed by atoms with E-state index in [2.05, 4.69) is 5.32 Å². The minimum atomic E-state index is -4.47. The minimum Gasteiger partial charge on any atom is -0.392 e. The molecule has 2 aromatic carbocycles. The molecule has 0 aliphatic rings. The van der Waals surface area contributed by atoms with Gasteiger partial charge in [-0.15, -0.1) is 0 Å². The molecule has 0 unspecified atom stereocenters. The molecule has 0 aliphatic heterocycles. The Hall–Kier alpha value is -1.72. The first-order valence-electron chi connectivity index (χ1n) is 6.19. The van der Waals surface area contributed by atoms with E-state index in [1.54, 1.807) is 24.3 Å². The summed E-state index contributed by atoms with van der Waals surface area (Å²) in [7, 11) is 0. The molecule has 0 atom stereocenters. The lowest BCUT2D eigenvalue weighted by Crippen LogP contribution is -2.07. The molecule has 0 fully saturated rings. The molecular weight excluding hydrogens is 303 g/mol. The van der Waals surface area contributed by atoms with E-state index in [0.29, 0.717) is 12.2 Å². The van der Waals surface area contributed by atoms with E-state index in [0.717, 1.165) is 17.2 Å². The summed E-state index contributed by atoms with van der Waals surface area (Å²) >= 11 is 5.56. The molecule has 0 radical (unpaired) electrons. The second-order valence-electron chi connectivity index (χ2n) is 4.52. The fourth-order valence-corrected chi connectivity index (χ4v) is 2.04. The van der Waals surface area contributed by atoms with Crippen LogP contribution in [-0.2, 0) is 19.3 Å². The Bertz CT molecular complexity index is 611. The number of nitrogens with one attached hydrogen (secondary N) is 1. The maximum absolute atomic E-state index is 12.7. The second kappa shape index (κ2) is 6.37. The predicted molar refractivity (Wildman–Crippen MR) is 76.1 cm³/mol. The van der Waals surface area contributed by atoms with Gasteiger partial charge in [0.15, 0.2) is 0 Å². The van der Waals surface area contributed by atoms with Crippen molar-refractivity contribution in [1.82, 2.24) is 0 Å². The van der Waals surface area contributed by atoms with Crippen LogP contribution in [0.1, 0.15) is 16.7 Å². The van der Waals surface area contributed by atoms with E-state index in [9.17, 15) is 13.2 Å². The van der Waals surface area contributed by atoms with Crippen molar-refractivity contribution in [3.05, 3.63) is 64.2 Å². The number of halogens is 4. The van der Waals surface area contributed by atoms with Gasteiger partial charge in [0.2, 0.25) is 0 Å². The summed E-state index contributed by atoms with van der Waals surface area (Å²) in [6.07, 6.45) is -4.47. The van der Waals surface area contributed by atoms with Crippen LogP contribution < -0.4 is 5.32 Å². The summed E-state index contributed by atoms with van der Waals surface area (Å²) in [6.45, 7) is 0.338. The number of hydrogen-bond acceptors (Lipinski definition) is 2. The highest BCUT2D eigenvalue weighted by Gasteiger charge is 2.33. The first-order valence-corrected chi connectivity index (χ1v) is 6.57. The van der Waals surface area contributed by atoms with Crippen LogP contribution in [0, 0.1) is 0 Å². The van der Waals surface area contributed by atoms with Gasteiger partial charge in [-0.2, -0.15) is 13.2 Å². The van der Waals surface area contributed by atoms with Crippen molar-refractivity contribution in [2.24, 2.45) is 0 Å². The van der Waals surface area contributed by atoms with Gasteiger partial charge in [0, 0.05) is 12.2 Å². The third-order valence-electron chi connectivity index (χ3n) is 2.97. The number of aliphatic hydroxyl groups is 1. The predicted octanol–water partition coefficient (Wildman–Crippen LogP) is 4.46. The molecule has 0 heterocycles. The molecule has 0 bridgehead atoms. The zero-order chi connectivity index (χ0) is 15.5. The third kappa shape index (κ3) is 4.12. The number of alkyl halides is 3. The largest absolute Gasteiger partial charge is 0.417 e. The van der Waals surface area contributed by atoms with E-state index in [4.69, 9.17) is 16.7 Å². The fraction of sp³-hybridized carbons (Fsp3) is 0.200. The zero-order valence-corrected chi connectivity index (χ0v) is 11.7. The smallest absolute Gasteiger partial charge is 0.392 e. The Kier molecular flexibility index (Phi) is 4.75. The number of benzene rings is 2. The van der Waals surface area contributed by atoms with Crippen molar-refractivity contribution in [1.29, 1.82) is 0 Å². The van der Waals surface area contributed by atoms with Crippen molar-refractivity contribution in [2.45, 2.75) is 19.3 Å². The Labute approximate surface area is 125 Å². The molecule has 0 saturated carbocycles. The van der Waals surface area contributed by atoms with Gasteiger partial charge in [0.25, 0.3) is 0 Å². The average Bonchev–Trinajstić information content (AvgIpc) is 2.45. The first-order chi connectivity index (χ1) is 9.90. The molecule has 0 spiro atoms. The molecule has 2 N–H and O–H groups in total. The van der Waals surface area contributed by atoms with E-state index in [-0.39, 0.29) is 11.6 Å². The van der Waals surface area contributed by atoms with E-state index >= 15 is 0 Å². The van der Waals surface area contributed by atoms with E-state index < -0.39 is 11.7 Å². The summed E-state index contributed by atoms with van der Waals surface area (Å²) in [6, 6.07) is 10.9. The van der Waals surface area contributed by atoms with Crippen molar-refractivity contribution in [3.63, 3.8) is 0 Å². The summed E-state index contributed by atoms with van der Waals surface area (Å²) in [5, 5.41) is 11.5. The zero-order valence-electron chi connectivity index (χ0n) is 10.9. The van der Waals surface area contributed by atoms with Gasteiger partial charge in [-0.1, -0.05) is 35.9 Å². The molecular formula is C15H13ClF3NO. The van der Waals surface area contributed by atoms with Gasteiger partial charge in [0.05, 0.1) is 17.2 Å². The molecule has 112 valence electrons. The maximum atomic E-state index is 12.7. The highest BCUT2D eigenvalue weighted by atomic mass is 35.5. The molecule has 6 heteroatoms. The summed E-state index contributed by atoms with van der Waals surface area (Å²) < 4.78 is 38.2. The number of hydrogen-bond donors (Lipinski definition) is 2. The highest BCUT2D eigenvalue weighted by Crippen LogP contribution is 2.36.